The van der Waals surface area contributed by atoms with Crippen LogP contribution in [-0.4, -0.2) is 23.3 Å². The van der Waals surface area contributed by atoms with Crippen molar-refractivity contribution in [1.82, 2.24) is 4.90 Å². The quantitative estimate of drug-likeness (QED) is 0.615. The molecule has 0 aromatic heterocycles. The number of hydrogen-bond acceptors (Lipinski definition) is 2. The van der Waals surface area contributed by atoms with Crippen LogP contribution in [0.4, 0.5) is 23.2 Å². The minimum absolute atomic E-state index is 0.0676. The molecule has 0 aliphatic carbocycles. The first-order chi connectivity index (χ1) is 14.6. The van der Waals surface area contributed by atoms with Gasteiger partial charge < -0.3 is 10.2 Å². The minimum atomic E-state index is -4.80. The van der Waals surface area contributed by atoms with Crippen LogP contribution in [0.1, 0.15) is 42.0 Å². The number of anilines is 1. The monoisotopic (exact) mass is 456 g/mol. The number of hydrogen-bond donors (Lipinski definition) is 1. The summed E-state index contributed by atoms with van der Waals surface area (Å²) in [7, 11) is 0. The molecule has 0 atom stereocenters. The van der Waals surface area contributed by atoms with Crippen molar-refractivity contribution in [1.29, 1.82) is 0 Å². The van der Waals surface area contributed by atoms with Gasteiger partial charge in [-0.15, -0.1) is 0 Å². The van der Waals surface area contributed by atoms with Crippen molar-refractivity contribution in [3.63, 3.8) is 0 Å². The van der Waals surface area contributed by atoms with Crippen molar-refractivity contribution in [2.75, 3.05) is 11.9 Å². The van der Waals surface area contributed by atoms with Crippen molar-refractivity contribution in [2.45, 2.75) is 45.3 Å². The number of fused-ring (bicyclic) bond motifs is 1. The Morgan fingerprint density at radius 1 is 1.19 bits per heavy atom. The molecule has 0 saturated carbocycles. The van der Waals surface area contributed by atoms with E-state index in [1.165, 1.54) is 0 Å². The van der Waals surface area contributed by atoms with Gasteiger partial charge in [-0.2, -0.15) is 13.2 Å². The number of nitrogens with zero attached hydrogens (tertiary/aromatic N) is 1. The summed E-state index contributed by atoms with van der Waals surface area (Å²) in [5, 5.41) is 3.02. The molecule has 0 radical (unpaired) electrons. The molecule has 2 amide bonds. The Morgan fingerprint density at radius 2 is 1.94 bits per heavy atom. The first-order valence-corrected chi connectivity index (χ1v) is 10.2. The molecular formula is C22H21ClF4N2O2. The molecule has 2 aromatic carbocycles. The maximum absolute atomic E-state index is 13.8. The lowest BCUT2D eigenvalue weighted by molar-refractivity contribution is -0.140. The van der Waals surface area contributed by atoms with E-state index < -0.39 is 23.5 Å². The number of alkyl halides is 3. The summed E-state index contributed by atoms with van der Waals surface area (Å²) in [6.07, 6.45) is -3.37. The predicted octanol–water partition coefficient (Wildman–Crippen LogP) is 5.36. The largest absolute Gasteiger partial charge is 0.419 e. The average molecular weight is 457 g/mol. The highest BCUT2D eigenvalue weighted by atomic mass is 35.5. The lowest BCUT2D eigenvalue weighted by atomic mass is 9.97. The molecule has 31 heavy (non-hydrogen) atoms. The van der Waals surface area contributed by atoms with Gasteiger partial charge >= 0.3 is 6.18 Å². The van der Waals surface area contributed by atoms with Gasteiger partial charge in [0.25, 0.3) is 0 Å². The van der Waals surface area contributed by atoms with Crippen LogP contribution in [0, 0.1) is 5.82 Å². The van der Waals surface area contributed by atoms with Gasteiger partial charge in [-0.25, -0.2) is 4.39 Å². The van der Waals surface area contributed by atoms with Crippen LogP contribution in [-0.2, 0) is 35.2 Å². The van der Waals surface area contributed by atoms with Crippen LogP contribution in [0.3, 0.4) is 0 Å². The third-order valence-electron chi connectivity index (χ3n) is 5.14. The zero-order valence-electron chi connectivity index (χ0n) is 16.8. The predicted molar refractivity (Wildman–Crippen MR) is 109 cm³/mol. The molecule has 0 fully saturated rings. The molecule has 3 rings (SSSR count). The maximum atomic E-state index is 13.8. The second kappa shape index (κ2) is 9.26. The van der Waals surface area contributed by atoms with E-state index in [2.05, 4.69) is 5.32 Å². The summed E-state index contributed by atoms with van der Waals surface area (Å²) in [4.78, 5) is 26.4. The van der Waals surface area contributed by atoms with E-state index in [9.17, 15) is 27.2 Å². The van der Waals surface area contributed by atoms with Gasteiger partial charge in [-0.05, 0) is 47.7 Å². The molecule has 9 heteroatoms. The molecule has 4 nitrogen and oxygen atoms in total. The summed E-state index contributed by atoms with van der Waals surface area (Å²) < 4.78 is 51.9. The summed E-state index contributed by atoms with van der Waals surface area (Å²) in [6.45, 7) is 2.85. The van der Waals surface area contributed by atoms with E-state index >= 15 is 0 Å². The Kier molecular flexibility index (Phi) is 6.89. The van der Waals surface area contributed by atoms with E-state index in [0.717, 1.165) is 23.6 Å². The molecule has 1 N–H and O–H groups in total. The second-order valence-electron chi connectivity index (χ2n) is 7.41. The summed E-state index contributed by atoms with van der Waals surface area (Å²) >= 11 is 6.27. The Labute approximate surface area is 182 Å². The van der Waals surface area contributed by atoms with Crippen molar-refractivity contribution < 1.29 is 27.2 Å². The van der Waals surface area contributed by atoms with Crippen LogP contribution in [0.15, 0.2) is 30.3 Å². The van der Waals surface area contributed by atoms with Gasteiger partial charge in [0.15, 0.2) is 0 Å². The van der Waals surface area contributed by atoms with Gasteiger partial charge in [-0.3, -0.25) is 9.59 Å². The van der Waals surface area contributed by atoms with Crippen molar-refractivity contribution in [2.24, 2.45) is 0 Å². The second-order valence-corrected chi connectivity index (χ2v) is 7.82. The Balaban J connectivity index is 1.75. The fourth-order valence-corrected chi connectivity index (χ4v) is 3.84. The van der Waals surface area contributed by atoms with Crippen LogP contribution in [0.25, 0.3) is 0 Å². The van der Waals surface area contributed by atoms with E-state index in [1.807, 2.05) is 13.0 Å². The van der Waals surface area contributed by atoms with Crippen LogP contribution in [0.5, 0.6) is 0 Å². The standard InChI is InChI=1S/C22H21ClF4N2O2/c1-2-3-20(31)29-9-8-15-14(12-29)5-7-17(23)21(15)28-19(30)11-13-4-6-16(18(24)10-13)22(25,26)27/h4-7,10H,2-3,8-9,11-12H2,1H3,(H,28,30). The highest BCUT2D eigenvalue weighted by molar-refractivity contribution is 6.34. The number of amides is 2. The molecule has 0 bridgehead atoms. The molecule has 166 valence electrons. The maximum Gasteiger partial charge on any atom is 0.419 e. The Morgan fingerprint density at radius 3 is 2.58 bits per heavy atom. The normalized spacial score (nSPS) is 13.7. The number of carbonyl (C=O) groups is 2. The van der Waals surface area contributed by atoms with E-state index in [4.69, 9.17) is 11.6 Å². The van der Waals surface area contributed by atoms with Gasteiger partial charge in [0, 0.05) is 19.5 Å². The SMILES string of the molecule is CCCC(=O)N1CCc2c(ccc(Cl)c2NC(=O)Cc2ccc(C(F)(F)F)c(F)c2)C1. The van der Waals surface area contributed by atoms with E-state index in [-0.39, 0.29) is 17.9 Å². The highest BCUT2D eigenvalue weighted by Crippen LogP contribution is 2.34. The van der Waals surface area contributed by atoms with Crippen molar-refractivity contribution >= 4 is 29.1 Å². The lowest BCUT2D eigenvalue weighted by Crippen LogP contribution is -2.36. The Hall–Kier alpha value is -2.61. The molecule has 1 aliphatic rings. The number of nitrogens with one attached hydrogen (secondary N) is 1. The minimum Gasteiger partial charge on any atom is -0.338 e. The summed E-state index contributed by atoms with van der Waals surface area (Å²) in [5.74, 6) is -1.89. The zero-order valence-corrected chi connectivity index (χ0v) is 17.5. The first-order valence-electron chi connectivity index (χ1n) is 9.83. The number of halogens is 5. The van der Waals surface area contributed by atoms with Crippen molar-refractivity contribution in [3.05, 3.63) is 63.4 Å². The molecular weight excluding hydrogens is 436 g/mol. The van der Waals surface area contributed by atoms with Gasteiger partial charge in [0.1, 0.15) is 5.82 Å². The number of rotatable bonds is 5. The molecule has 1 heterocycles. The zero-order chi connectivity index (χ0) is 22.8. The molecule has 0 spiro atoms. The summed E-state index contributed by atoms with van der Waals surface area (Å²) in [5.41, 5.74) is 0.842. The molecule has 0 unspecified atom stereocenters. The topological polar surface area (TPSA) is 49.4 Å². The average Bonchev–Trinajstić information content (AvgIpc) is 2.69. The summed E-state index contributed by atoms with van der Waals surface area (Å²) in [6, 6.07) is 5.84. The Bertz CT molecular complexity index is 1010. The van der Waals surface area contributed by atoms with E-state index in [0.29, 0.717) is 48.8 Å². The third kappa shape index (κ3) is 5.36. The number of benzene rings is 2. The van der Waals surface area contributed by atoms with Crippen LogP contribution < -0.4 is 5.32 Å². The van der Waals surface area contributed by atoms with Crippen LogP contribution >= 0.6 is 11.6 Å². The van der Waals surface area contributed by atoms with Crippen LogP contribution in [0.2, 0.25) is 5.02 Å². The van der Waals surface area contributed by atoms with Gasteiger partial charge in [-0.1, -0.05) is 30.7 Å². The first kappa shape index (κ1) is 23.1. The van der Waals surface area contributed by atoms with Crippen molar-refractivity contribution in [3.8, 4) is 0 Å². The molecule has 0 saturated heterocycles. The molecule has 2 aromatic rings. The fraction of sp³-hybridized carbons (Fsp3) is 0.364. The third-order valence-corrected chi connectivity index (χ3v) is 5.45. The van der Waals surface area contributed by atoms with E-state index in [1.54, 1.807) is 11.0 Å². The number of carbonyl (C=O) groups excluding carboxylic acids is 2. The van der Waals surface area contributed by atoms with Gasteiger partial charge in [0.2, 0.25) is 11.8 Å². The highest BCUT2D eigenvalue weighted by Gasteiger charge is 2.34. The fourth-order valence-electron chi connectivity index (χ4n) is 3.62. The lowest BCUT2D eigenvalue weighted by Gasteiger charge is -2.30. The smallest absolute Gasteiger partial charge is 0.338 e. The van der Waals surface area contributed by atoms with Gasteiger partial charge in [0.05, 0.1) is 22.7 Å². The molecule has 1 aliphatic heterocycles.